The van der Waals surface area contributed by atoms with Gasteiger partial charge in [-0.1, -0.05) is 0 Å². The van der Waals surface area contributed by atoms with Crippen LogP contribution in [0.2, 0.25) is 29.2 Å². The van der Waals surface area contributed by atoms with Gasteiger partial charge in [0.2, 0.25) is 0 Å². The van der Waals surface area contributed by atoms with E-state index in [1.54, 1.807) is 0 Å². The fourth-order valence-corrected chi connectivity index (χ4v) is 0. The van der Waals surface area contributed by atoms with Crippen LogP contribution in [0, 0.1) is 0 Å². The Kier molecular flexibility index (Phi) is 40.4. The van der Waals surface area contributed by atoms with Gasteiger partial charge >= 0.3 is 69.6 Å². The van der Waals surface area contributed by atoms with Gasteiger partial charge in [0.25, 0.3) is 0 Å². The zero-order chi connectivity index (χ0) is 7.15. The van der Waals surface area contributed by atoms with E-state index in [2.05, 4.69) is 29.2 Å². The van der Waals surface area contributed by atoms with Gasteiger partial charge in [-0.3, -0.25) is 0 Å². The molecule has 0 aromatic heterocycles. The standard InChI is InChI=1S/6CH3.2BrH.2Sb/h6*1H3;2*1H;;/p-2. The van der Waals surface area contributed by atoms with Crippen molar-refractivity contribution in [3.8, 4) is 0 Å². The predicted octanol–water partition coefficient (Wildman–Crippen LogP) is -3.25. The fraction of sp³-hybridized carbons (Fsp3) is 1.00. The molecule has 0 bridgehead atoms. The molecule has 0 heterocycles. The fourth-order valence-electron chi connectivity index (χ4n) is 0. The third-order valence-electron chi connectivity index (χ3n) is 0. The Morgan fingerprint density at radius 2 is 0.500 bits per heavy atom. The van der Waals surface area contributed by atoms with Crippen LogP contribution in [0.3, 0.4) is 0 Å². The van der Waals surface area contributed by atoms with Crippen LogP contribution in [0.15, 0.2) is 0 Å². The van der Waals surface area contributed by atoms with E-state index in [0.717, 1.165) is 0 Å². The molecule has 0 spiro atoms. The van der Waals surface area contributed by atoms with Gasteiger partial charge in [0, 0.05) is 0 Å². The first-order valence-corrected chi connectivity index (χ1v) is 18.0. The molecule has 0 radical (unpaired) electrons. The molecule has 0 atom stereocenters. The molecule has 0 unspecified atom stereocenters. The summed E-state index contributed by atoms with van der Waals surface area (Å²) in [5.74, 6) is 0. The van der Waals surface area contributed by atoms with E-state index in [0.29, 0.717) is 0 Å². The van der Waals surface area contributed by atoms with Crippen molar-refractivity contribution >= 4 is 40.4 Å². The Balaban J connectivity index is -0.0000000300. The van der Waals surface area contributed by atoms with Gasteiger partial charge in [-0.25, -0.2) is 0 Å². The van der Waals surface area contributed by atoms with E-state index in [4.69, 9.17) is 0 Å². The normalized spacial score (nSPS) is 7.20. The van der Waals surface area contributed by atoms with E-state index in [1.807, 2.05) is 0 Å². The van der Waals surface area contributed by atoms with Gasteiger partial charge in [-0.15, -0.1) is 0 Å². The second-order valence-corrected chi connectivity index (χ2v) is 18.0. The van der Waals surface area contributed by atoms with Crippen molar-refractivity contribution in [2.75, 3.05) is 0 Å². The summed E-state index contributed by atoms with van der Waals surface area (Å²) in [6.07, 6.45) is 0. The zero-order valence-electron chi connectivity index (χ0n) is 7.65. The first-order chi connectivity index (χ1) is 3.46. The van der Waals surface area contributed by atoms with E-state index in [1.165, 1.54) is 0 Å². The molecule has 0 nitrogen and oxygen atoms in total. The van der Waals surface area contributed by atoms with Crippen LogP contribution in [0.4, 0.5) is 0 Å². The summed E-state index contributed by atoms with van der Waals surface area (Å²) in [6, 6.07) is 0. The maximum atomic E-state index is 2.35. The van der Waals surface area contributed by atoms with Crippen LogP contribution in [-0.4, -0.2) is 40.4 Å². The topological polar surface area (TPSA) is 0 Å². The van der Waals surface area contributed by atoms with Crippen LogP contribution < -0.4 is 34.0 Å². The molecule has 4 heteroatoms. The Labute approximate surface area is 102 Å². The van der Waals surface area contributed by atoms with Crippen molar-refractivity contribution in [1.82, 2.24) is 0 Å². The van der Waals surface area contributed by atoms with Crippen molar-refractivity contribution in [1.29, 1.82) is 0 Å². The Morgan fingerprint density at radius 1 is 0.500 bits per heavy atom. The summed E-state index contributed by atoms with van der Waals surface area (Å²) in [5, 5.41) is 0. The van der Waals surface area contributed by atoms with Crippen molar-refractivity contribution in [2.24, 2.45) is 0 Å². The third-order valence-corrected chi connectivity index (χ3v) is 0. The van der Waals surface area contributed by atoms with E-state index >= 15 is 0 Å². The first kappa shape index (κ1) is 22.9. The number of hydrogen-bond donors (Lipinski definition) is 0. The Morgan fingerprint density at radius 3 is 0.500 bits per heavy atom. The quantitative estimate of drug-likeness (QED) is 0.311. The number of halogens is 2. The summed E-state index contributed by atoms with van der Waals surface area (Å²) >= 11 is -0.900. The Hall–Kier alpha value is 2.60. The monoisotopic (exact) mass is 490 g/mol. The molecule has 0 fully saturated rings. The summed E-state index contributed by atoms with van der Waals surface area (Å²) in [7, 11) is 0. The number of rotatable bonds is 0. The van der Waals surface area contributed by atoms with Crippen LogP contribution >= 0.6 is 0 Å². The van der Waals surface area contributed by atoms with Gasteiger partial charge in [0.15, 0.2) is 0 Å². The molecule has 0 aliphatic rings. The van der Waals surface area contributed by atoms with Crippen molar-refractivity contribution < 1.29 is 34.0 Å². The van der Waals surface area contributed by atoms with Gasteiger partial charge in [-0.05, 0) is 0 Å². The SMILES string of the molecule is [Br-].[Br-].[CH3][Sb]([CH3])[CH3].[CH3][Sb]([CH3])[CH3]. The second-order valence-electron chi connectivity index (χ2n) is 2.68. The second kappa shape index (κ2) is 17.6. The molecule has 0 aromatic carbocycles. The minimum atomic E-state index is -0.450. The number of hydrogen-bond acceptors (Lipinski definition) is 0. The van der Waals surface area contributed by atoms with Crippen molar-refractivity contribution in [3.63, 3.8) is 0 Å². The molecule has 0 saturated heterocycles. The summed E-state index contributed by atoms with van der Waals surface area (Å²) in [5.41, 5.74) is 0. The molecule has 0 N–H and O–H groups in total. The Bertz CT molecular complexity index is 29.2. The van der Waals surface area contributed by atoms with Crippen LogP contribution in [-0.2, 0) is 0 Å². The third kappa shape index (κ3) is 145. The average molecular weight is 494 g/mol. The van der Waals surface area contributed by atoms with E-state index in [9.17, 15) is 0 Å². The molecular weight excluding hydrogens is 475 g/mol. The summed E-state index contributed by atoms with van der Waals surface area (Å²) < 4.78 is 0. The zero-order valence-corrected chi connectivity index (χ0v) is 15.9. The molecular formula is C6H18Br2Sb2-2. The molecule has 0 aliphatic carbocycles. The van der Waals surface area contributed by atoms with Crippen molar-refractivity contribution in [3.05, 3.63) is 0 Å². The summed E-state index contributed by atoms with van der Waals surface area (Å²) in [4.78, 5) is 14.1. The van der Waals surface area contributed by atoms with E-state index in [-0.39, 0.29) is 34.0 Å². The van der Waals surface area contributed by atoms with Crippen LogP contribution in [0.1, 0.15) is 0 Å². The molecule has 0 aromatic rings. The maximum absolute atomic E-state index is 2.35. The molecule has 0 amide bonds. The molecule has 0 aliphatic heterocycles. The van der Waals surface area contributed by atoms with Crippen LogP contribution in [0.25, 0.3) is 0 Å². The molecule has 0 saturated carbocycles. The summed E-state index contributed by atoms with van der Waals surface area (Å²) in [6.45, 7) is 0. The van der Waals surface area contributed by atoms with Gasteiger partial charge in [-0.2, -0.15) is 0 Å². The van der Waals surface area contributed by atoms with Gasteiger partial charge < -0.3 is 34.0 Å². The average Bonchev–Trinajstić information content (AvgIpc) is 1.25. The minimum absolute atomic E-state index is 0. The molecule has 68 valence electrons. The van der Waals surface area contributed by atoms with E-state index < -0.39 is 40.4 Å². The van der Waals surface area contributed by atoms with Crippen molar-refractivity contribution in [2.45, 2.75) is 29.2 Å². The van der Waals surface area contributed by atoms with Gasteiger partial charge in [0.05, 0.1) is 0 Å². The molecule has 10 heavy (non-hydrogen) atoms. The van der Waals surface area contributed by atoms with Crippen LogP contribution in [0.5, 0.6) is 0 Å². The van der Waals surface area contributed by atoms with Gasteiger partial charge in [0.1, 0.15) is 0 Å². The molecule has 0 rings (SSSR count). The predicted molar refractivity (Wildman–Crippen MR) is 46.7 cm³/mol. The first-order valence-electron chi connectivity index (χ1n) is 2.68.